The number of hydrogen-bond donors (Lipinski definition) is 0. The van der Waals surface area contributed by atoms with Gasteiger partial charge in [0.05, 0.1) is 0 Å². The standard InChI is InChI=1S/C46H28Se/c1-2-13-29(14-3-1)43-35-19-8-10-21-37(35)45(38-22-11-9-20-36(38)43)39-23-12-24-42-46(39)40-28-32(25-26-41(40)47-42)44-33-17-6-4-15-30(33)27-31-16-5-7-18-34(31)44/h1-28H/i27D. The van der Waals surface area contributed by atoms with E-state index >= 15 is 0 Å². The summed E-state index contributed by atoms with van der Waals surface area (Å²) in [7, 11) is 0. The van der Waals surface area contributed by atoms with Crippen molar-refractivity contribution >= 4 is 76.9 Å². The van der Waals surface area contributed by atoms with Crippen LogP contribution in [-0.2, 0) is 0 Å². The van der Waals surface area contributed by atoms with Crippen molar-refractivity contribution in [3.05, 3.63) is 170 Å². The quantitative estimate of drug-likeness (QED) is 0.131. The van der Waals surface area contributed by atoms with Gasteiger partial charge in [-0.2, -0.15) is 0 Å². The van der Waals surface area contributed by atoms with Crippen molar-refractivity contribution in [3.63, 3.8) is 0 Å². The van der Waals surface area contributed by atoms with Crippen molar-refractivity contribution in [2.75, 3.05) is 0 Å². The Morgan fingerprint density at radius 3 is 1.53 bits per heavy atom. The van der Waals surface area contributed by atoms with Crippen LogP contribution in [0.15, 0.2) is 170 Å². The summed E-state index contributed by atoms with van der Waals surface area (Å²) >= 11 is 0.212. The van der Waals surface area contributed by atoms with Gasteiger partial charge >= 0.3 is 281 Å². The van der Waals surface area contributed by atoms with E-state index in [1.165, 1.54) is 74.2 Å². The zero-order chi connectivity index (χ0) is 31.8. The van der Waals surface area contributed by atoms with Gasteiger partial charge in [-0.3, -0.25) is 0 Å². The molecule has 0 bridgehead atoms. The molecule has 0 radical (unpaired) electrons. The van der Waals surface area contributed by atoms with Crippen LogP contribution in [0.25, 0.3) is 95.8 Å². The average Bonchev–Trinajstić information content (AvgIpc) is 3.53. The summed E-state index contributed by atoms with van der Waals surface area (Å²) in [5.41, 5.74) is 7.55. The van der Waals surface area contributed by atoms with Crippen molar-refractivity contribution in [2.24, 2.45) is 0 Å². The molecular formula is C46H28Se. The molecule has 0 aliphatic heterocycles. The molecule has 0 fully saturated rings. The molecule has 0 amide bonds. The maximum atomic E-state index is 9.04. The number of rotatable bonds is 3. The van der Waals surface area contributed by atoms with Crippen LogP contribution < -0.4 is 0 Å². The van der Waals surface area contributed by atoms with Crippen LogP contribution in [0.1, 0.15) is 1.37 Å². The van der Waals surface area contributed by atoms with Crippen LogP contribution in [0, 0.1) is 0 Å². The molecular weight excluding hydrogens is 631 g/mol. The van der Waals surface area contributed by atoms with Gasteiger partial charge in [-0.15, -0.1) is 0 Å². The van der Waals surface area contributed by atoms with Crippen molar-refractivity contribution in [3.8, 4) is 33.4 Å². The second kappa shape index (κ2) is 10.5. The molecule has 10 rings (SSSR count). The molecule has 0 spiro atoms. The van der Waals surface area contributed by atoms with Crippen molar-refractivity contribution < 1.29 is 1.37 Å². The molecule has 10 aromatic rings. The first-order valence-electron chi connectivity index (χ1n) is 16.6. The molecule has 47 heavy (non-hydrogen) atoms. The summed E-state index contributed by atoms with van der Waals surface area (Å²) in [4.78, 5) is 0. The van der Waals surface area contributed by atoms with Crippen molar-refractivity contribution in [1.29, 1.82) is 0 Å². The van der Waals surface area contributed by atoms with Crippen LogP contribution in [0.5, 0.6) is 0 Å². The number of benzene rings is 9. The molecule has 1 heterocycles. The van der Waals surface area contributed by atoms with E-state index in [4.69, 9.17) is 1.37 Å². The second-order valence-corrected chi connectivity index (χ2v) is 14.6. The van der Waals surface area contributed by atoms with Gasteiger partial charge < -0.3 is 0 Å². The predicted molar refractivity (Wildman–Crippen MR) is 205 cm³/mol. The molecule has 0 aliphatic carbocycles. The Hall–Kier alpha value is -5.46. The molecule has 0 nitrogen and oxygen atoms in total. The molecule has 1 aromatic heterocycles. The Labute approximate surface area is 280 Å². The molecule has 0 aliphatic rings. The third-order valence-electron chi connectivity index (χ3n) is 9.71. The SMILES string of the molecule is [2H]c1c2ccccc2c(-c2ccc3[se]c4cccc(-c5c6ccccc6c(-c6ccccc6)c6ccccc56)c4c3c2)c2ccccc12. The molecule has 1 heteroatoms. The maximum absolute atomic E-state index is 9.04. The van der Waals surface area contributed by atoms with Crippen LogP contribution >= 0.6 is 0 Å². The third-order valence-corrected chi connectivity index (χ3v) is 12.1. The first-order valence-corrected chi connectivity index (χ1v) is 17.8. The third kappa shape index (κ3) is 4.08. The van der Waals surface area contributed by atoms with Crippen molar-refractivity contribution in [1.82, 2.24) is 0 Å². The first-order chi connectivity index (χ1) is 23.8. The predicted octanol–water partition coefficient (Wildman–Crippen LogP) is 12.7. The van der Waals surface area contributed by atoms with Gasteiger partial charge in [0, 0.05) is 0 Å². The summed E-state index contributed by atoms with van der Waals surface area (Å²) < 4.78 is 11.9. The van der Waals surface area contributed by atoms with E-state index in [2.05, 4.69) is 152 Å². The van der Waals surface area contributed by atoms with Gasteiger partial charge in [-0.05, 0) is 0 Å². The van der Waals surface area contributed by atoms with Crippen LogP contribution in [0.3, 0.4) is 0 Å². The van der Waals surface area contributed by atoms with Gasteiger partial charge in [0.2, 0.25) is 0 Å². The molecule has 0 N–H and O–H groups in total. The van der Waals surface area contributed by atoms with E-state index in [0.717, 1.165) is 21.5 Å². The zero-order valence-corrected chi connectivity index (χ0v) is 27.2. The Balaban J connectivity index is 1.32. The van der Waals surface area contributed by atoms with Gasteiger partial charge in [0.15, 0.2) is 0 Å². The number of hydrogen-bond acceptors (Lipinski definition) is 0. The van der Waals surface area contributed by atoms with Crippen LogP contribution in [0.4, 0.5) is 0 Å². The Morgan fingerprint density at radius 2 is 0.894 bits per heavy atom. The Morgan fingerprint density at radius 1 is 0.362 bits per heavy atom. The summed E-state index contributed by atoms with van der Waals surface area (Å²) in [6.07, 6.45) is 0. The Kier molecular flexibility index (Phi) is 5.76. The van der Waals surface area contributed by atoms with Crippen LogP contribution in [-0.4, -0.2) is 14.5 Å². The molecule has 0 unspecified atom stereocenters. The van der Waals surface area contributed by atoms with Gasteiger partial charge in [-0.1, -0.05) is 0 Å². The van der Waals surface area contributed by atoms with E-state index in [0.29, 0.717) is 6.04 Å². The average molecular weight is 661 g/mol. The van der Waals surface area contributed by atoms with E-state index in [9.17, 15) is 0 Å². The molecule has 9 aromatic carbocycles. The summed E-state index contributed by atoms with van der Waals surface area (Å²) in [6, 6.07) is 60.2. The van der Waals surface area contributed by atoms with E-state index < -0.39 is 0 Å². The van der Waals surface area contributed by atoms with E-state index in [1.807, 2.05) is 12.1 Å². The van der Waals surface area contributed by atoms with Crippen LogP contribution in [0.2, 0.25) is 0 Å². The van der Waals surface area contributed by atoms with Gasteiger partial charge in [0.1, 0.15) is 0 Å². The fourth-order valence-corrected chi connectivity index (χ4v) is 10.1. The summed E-state index contributed by atoms with van der Waals surface area (Å²) in [5, 5.41) is 12.1. The molecule has 218 valence electrons. The first kappa shape index (κ1) is 25.7. The fraction of sp³-hybridized carbons (Fsp3) is 0. The van der Waals surface area contributed by atoms with Gasteiger partial charge in [0.25, 0.3) is 0 Å². The minimum absolute atomic E-state index is 0.212. The Bertz CT molecular complexity index is 2780. The molecule has 0 atom stereocenters. The van der Waals surface area contributed by atoms with Crippen molar-refractivity contribution in [2.45, 2.75) is 0 Å². The second-order valence-electron chi connectivity index (χ2n) is 12.3. The topological polar surface area (TPSA) is 0 Å². The molecule has 0 saturated heterocycles. The normalized spacial score (nSPS) is 12.1. The zero-order valence-electron chi connectivity index (χ0n) is 26.5. The number of fused-ring (bicyclic) bond motifs is 7. The van der Waals surface area contributed by atoms with Gasteiger partial charge in [-0.25, -0.2) is 0 Å². The summed E-state index contributed by atoms with van der Waals surface area (Å²) in [5.74, 6) is 0. The monoisotopic (exact) mass is 661 g/mol. The summed E-state index contributed by atoms with van der Waals surface area (Å²) in [6.45, 7) is 0. The minimum atomic E-state index is 0.212. The van der Waals surface area contributed by atoms with E-state index in [-0.39, 0.29) is 14.5 Å². The fourth-order valence-electron chi connectivity index (χ4n) is 7.75. The van der Waals surface area contributed by atoms with E-state index in [1.54, 1.807) is 0 Å². The molecule has 0 saturated carbocycles.